The minimum Gasteiger partial charge on any atom is -0.504 e. The van der Waals surface area contributed by atoms with Gasteiger partial charge in [-0.3, -0.25) is 9.59 Å². The van der Waals surface area contributed by atoms with Crippen LogP contribution in [0.5, 0.6) is 17.2 Å². The number of hydrogen-bond donors (Lipinski definition) is 3. The third-order valence-electron chi connectivity index (χ3n) is 3.73. The van der Waals surface area contributed by atoms with Crippen molar-refractivity contribution in [2.75, 3.05) is 7.11 Å². The maximum Gasteiger partial charge on any atom is 0.201 e. The van der Waals surface area contributed by atoms with Gasteiger partial charge in [0.25, 0.3) is 0 Å². The summed E-state index contributed by atoms with van der Waals surface area (Å²) >= 11 is 0. The number of methoxy groups -OCH3 is 1. The van der Waals surface area contributed by atoms with Gasteiger partial charge in [-0.2, -0.15) is 0 Å². The van der Waals surface area contributed by atoms with E-state index in [2.05, 4.69) is 0 Å². The van der Waals surface area contributed by atoms with Gasteiger partial charge in [-0.25, -0.2) is 0 Å². The molecule has 0 aromatic heterocycles. The monoisotopic (exact) mass is 300 g/mol. The molecule has 6 nitrogen and oxygen atoms in total. The zero-order valence-electron chi connectivity index (χ0n) is 11.6. The molecule has 2 aromatic carbocycles. The number of ether oxygens (including phenoxy) is 1. The molecule has 0 aliphatic heterocycles. The van der Waals surface area contributed by atoms with Crippen molar-refractivity contribution in [3.8, 4) is 17.2 Å². The zero-order valence-corrected chi connectivity index (χ0v) is 11.6. The molecule has 0 bridgehead atoms. The predicted octanol–water partition coefficient (Wildman–Crippen LogP) is 1.37. The number of aliphatic hydroxyl groups excluding tert-OH is 1. The van der Waals surface area contributed by atoms with Gasteiger partial charge in [-0.1, -0.05) is 24.3 Å². The average molecular weight is 300 g/mol. The second-order valence-electron chi connectivity index (χ2n) is 4.82. The minimum atomic E-state index is -0.725. The van der Waals surface area contributed by atoms with Crippen LogP contribution in [0.25, 0.3) is 0 Å². The van der Waals surface area contributed by atoms with Crippen LogP contribution in [0.4, 0.5) is 0 Å². The molecule has 0 heterocycles. The largest absolute Gasteiger partial charge is 0.504 e. The van der Waals surface area contributed by atoms with Gasteiger partial charge in [0.05, 0.1) is 19.3 Å². The number of carbonyl (C=O) groups is 2. The zero-order chi connectivity index (χ0) is 16.0. The highest BCUT2D eigenvalue weighted by molar-refractivity contribution is 6.30. The standard InChI is InChI=1S/C16H12O6/c1-22-16-9(6-17)10-11(14(20)15(16)21)13(19)8-5-3-2-4-7(8)12(10)18/h2-5,17,20-21H,6H2,1H3. The number of carbonyl (C=O) groups excluding carboxylic acids is 2. The van der Waals surface area contributed by atoms with Crippen LogP contribution in [0.1, 0.15) is 37.4 Å². The minimum absolute atomic E-state index is 0.0272. The number of ketones is 2. The summed E-state index contributed by atoms with van der Waals surface area (Å²) in [5, 5.41) is 29.6. The highest BCUT2D eigenvalue weighted by atomic mass is 16.5. The van der Waals surface area contributed by atoms with Crippen molar-refractivity contribution in [1.29, 1.82) is 0 Å². The van der Waals surface area contributed by atoms with E-state index in [0.29, 0.717) is 0 Å². The van der Waals surface area contributed by atoms with Crippen LogP contribution in [-0.2, 0) is 6.61 Å². The van der Waals surface area contributed by atoms with Gasteiger partial charge in [0.2, 0.25) is 5.75 Å². The average Bonchev–Trinajstić information content (AvgIpc) is 2.54. The Morgan fingerprint density at radius 3 is 2.00 bits per heavy atom. The fraction of sp³-hybridized carbons (Fsp3) is 0.125. The Hall–Kier alpha value is -2.86. The van der Waals surface area contributed by atoms with Gasteiger partial charge >= 0.3 is 0 Å². The SMILES string of the molecule is COc1c(O)c(O)c2c(c1CO)C(=O)c1ccccc1C2=O. The van der Waals surface area contributed by atoms with E-state index in [1.807, 2.05) is 0 Å². The molecule has 1 aliphatic rings. The summed E-state index contributed by atoms with van der Waals surface area (Å²) in [7, 11) is 1.23. The maximum atomic E-state index is 12.7. The highest BCUT2D eigenvalue weighted by Gasteiger charge is 2.37. The predicted molar refractivity (Wildman–Crippen MR) is 75.6 cm³/mol. The molecule has 0 spiro atoms. The molecule has 112 valence electrons. The number of hydrogen-bond acceptors (Lipinski definition) is 6. The number of aliphatic hydroxyl groups is 1. The first kappa shape index (κ1) is 14.1. The fourth-order valence-electron chi connectivity index (χ4n) is 2.74. The first-order valence-corrected chi connectivity index (χ1v) is 6.46. The first-order valence-electron chi connectivity index (χ1n) is 6.46. The van der Waals surface area contributed by atoms with Gasteiger partial charge in [0.1, 0.15) is 0 Å². The van der Waals surface area contributed by atoms with Crippen LogP contribution >= 0.6 is 0 Å². The fourth-order valence-corrected chi connectivity index (χ4v) is 2.74. The molecule has 3 N–H and O–H groups in total. The molecule has 0 atom stereocenters. The molecule has 0 saturated heterocycles. The Balaban J connectivity index is 2.45. The lowest BCUT2D eigenvalue weighted by Gasteiger charge is -2.23. The van der Waals surface area contributed by atoms with Crippen LogP contribution in [0.15, 0.2) is 24.3 Å². The summed E-state index contributed by atoms with van der Waals surface area (Å²) in [5.41, 5.74) is -0.157. The maximum absolute atomic E-state index is 12.7. The van der Waals surface area contributed by atoms with E-state index in [0.717, 1.165) is 0 Å². The second kappa shape index (κ2) is 4.85. The van der Waals surface area contributed by atoms with E-state index >= 15 is 0 Å². The summed E-state index contributed by atoms with van der Waals surface area (Å²) in [6.07, 6.45) is 0. The first-order chi connectivity index (χ1) is 10.5. The Bertz CT molecular complexity index is 822. The number of aromatic hydroxyl groups is 2. The van der Waals surface area contributed by atoms with E-state index in [1.165, 1.54) is 19.2 Å². The smallest absolute Gasteiger partial charge is 0.201 e. The molecule has 0 radical (unpaired) electrons. The number of rotatable bonds is 2. The molecular weight excluding hydrogens is 288 g/mol. The highest BCUT2D eigenvalue weighted by Crippen LogP contribution is 2.47. The summed E-state index contributed by atoms with van der Waals surface area (Å²) in [6, 6.07) is 6.18. The van der Waals surface area contributed by atoms with Crippen molar-refractivity contribution < 1.29 is 29.6 Å². The lowest BCUT2D eigenvalue weighted by atomic mass is 9.81. The van der Waals surface area contributed by atoms with Gasteiger partial charge in [0.15, 0.2) is 23.1 Å². The van der Waals surface area contributed by atoms with Gasteiger partial charge in [-0.05, 0) is 0 Å². The molecule has 0 fully saturated rings. The number of fused-ring (bicyclic) bond motifs is 2. The summed E-state index contributed by atoms with van der Waals surface area (Å²) < 4.78 is 4.95. The molecular formula is C16H12O6. The number of benzene rings is 2. The number of phenolic OH excluding ortho intramolecular Hbond substituents is 2. The Labute approximate surface area is 125 Å². The summed E-state index contributed by atoms with van der Waals surface area (Å²) in [4.78, 5) is 25.2. The third kappa shape index (κ3) is 1.64. The second-order valence-corrected chi connectivity index (χ2v) is 4.82. The lowest BCUT2D eigenvalue weighted by Crippen LogP contribution is -2.23. The molecule has 3 rings (SSSR count). The van der Waals surface area contributed by atoms with Crippen LogP contribution in [0.2, 0.25) is 0 Å². The van der Waals surface area contributed by atoms with Gasteiger partial charge in [0, 0.05) is 22.3 Å². The van der Waals surface area contributed by atoms with Crippen LogP contribution in [-0.4, -0.2) is 34.0 Å². The summed E-state index contributed by atoms with van der Waals surface area (Å²) in [6.45, 7) is -0.624. The van der Waals surface area contributed by atoms with E-state index in [1.54, 1.807) is 12.1 Å². The number of phenols is 2. The van der Waals surface area contributed by atoms with E-state index in [-0.39, 0.29) is 33.6 Å². The van der Waals surface area contributed by atoms with Crippen LogP contribution in [0.3, 0.4) is 0 Å². The Morgan fingerprint density at radius 1 is 0.955 bits per heavy atom. The topological polar surface area (TPSA) is 104 Å². The molecule has 1 aliphatic carbocycles. The summed E-state index contributed by atoms with van der Waals surface area (Å²) in [5.74, 6) is -2.72. The third-order valence-corrected chi connectivity index (χ3v) is 3.73. The van der Waals surface area contributed by atoms with Crippen molar-refractivity contribution in [3.05, 3.63) is 52.1 Å². The molecule has 22 heavy (non-hydrogen) atoms. The van der Waals surface area contributed by atoms with Crippen molar-refractivity contribution in [3.63, 3.8) is 0 Å². The van der Waals surface area contributed by atoms with Gasteiger partial charge < -0.3 is 20.1 Å². The quantitative estimate of drug-likeness (QED) is 0.618. The van der Waals surface area contributed by atoms with Crippen LogP contribution < -0.4 is 4.74 Å². The molecule has 6 heteroatoms. The van der Waals surface area contributed by atoms with E-state index < -0.39 is 29.7 Å². The molecule has 0 saturated carbocycles. The van der Waals surface area contributed by atoms with Crippen molar-refractivity contribution in [1.82, 2.24) is 0 Å². The van der Waals surface area contributed by atoms with E-state index in [4.69, 9.17) is 4.74 Å². The Kier molecular flexibility index (Phi) is 3.11. The van der Waals surface area contributed by atoms with Crippen molar-refractivity contribution in [2.24, 2.45) is 0 Å². The van der Waals surface area contributed by atoms with Crippen molar-refractivity contribution >= 4 is 11.6 Å². The van der Waals surface area contributed by atoms with E-state index in [9.17, 15) is 24.9 Å². The van der Waals surface area contributed by atoms with Crippen molar-refractivity contribution in [2.45, 2.75) is 6.61 Å². The van der Waals surface area contributed by atoms with Crippen LogP contribution in [0, 0.1) is 0 Å². The molecule has 0 amide bonds. The Morgan fingerprint density at radius 2 is 1.50 bits per heavy atom. The molecule has 0 unspecified atom stereocenters. The normalized spacial score (nSPS) is 12.8. The lowest BCUT2D eigenvalue weighted by molar-refractivity contribution is 0.0973. The van der Waals surface area contributed by atoms with Gasteiger partial charge in [-0.15, -0.1) is 0 Å². The molecule has 2 aromatic rings.